The fourth-order valence-electron chi connectivity index (χ4n) is 2.88. The number of halogens is 1. The van der Waals surface area contributed by atoms with E-state index in [1.807, 2.05) is 18.2 Å². The minimum Gasteiger partial charge on any atom is -0.481 e. The van der Waals surface area contributed by atoms with Gasteiger partial charge in [-0.2, -0.15) is 0 Å². The molecular formula is C16H19ClN2O. The summed E-state index contributed by atoms with van der Waals surface area (Å²) in [4.78, 5) is 4.42. The van der Waals surface area contributed by atoms with Crippen LogP contribution in [0.15, 0.2) is 24.3 Å². The van der Waals surface area contributed by atoms with Crippen LogP contribution in [-0.4, -0.2) is 25.2 Å². The monoisotopic (exact) mass is 290 g/mol. The first-order valence-corrected chi connectivity index (χ1v) is 7.48. The molecule has 0 aliphatic carbocycles. The number of methoxy groups -OCH3 is 1. The van der Waals surface area contributed by atoms with Gasteiger partial charge in [0.2, 0.25) is 5.88 Å². The van der Waals surface area contributed by atoms with Gasteiger partial charge < -0.3 is 10.1 Å². The number of benzene rings is 1. The van der Waals surface area contributed by atoms with Gasteiger partial charge in [-0.25, -0.2) is 4.98 Å². The fourth-order valence-corrected chi connectivity index (χ4v) is 3.18. The van der Waals surface area contributed by atoms with Crippen molar-refractivity contribution in [1.29, 1.82) is 0 Å². The van der Waals surface area contributed by atoms with Crippen molar-refractivity contribution in [3.05, 3.63) is 34.9 Å². The number of hydrogen-bond acceptors (Lipinski definition) is 3. The van der Waals surface area contributed by atoms with Crippen LogP contribution in [-0.2, 0) is 6.42 Å². The van der Waals surface area contributed by atoms with E-state index in [0.717, 1.165) is 35.4 Å². The molecule has 106 valence electrons. The first-order valence-electron chi connectivity index (χ1n) is 7.11. The van der Waals surface area contributed by atoms with Crippen LogP contribution in [0.2, 0.25) is 5.02 Å². The lowest BCUT2D eigenvalue weighted by molar-refractivity contribution is 0.376. The van der Waals surface area contributed by atoms with Crippen LogP contribution in [0.4, 0.5) is 0 Å². The summed E-state index contributed by atoms with van der Waals surface area (Å²) < 4.78 is 5.15. The van der Waals surface area contributed by atoms with Crippen LogP contribution in [0.25, 0.3) is 10.9 Å². The summed E-state index contributed by atoms with van der Waals surface area (Å²) in [7, 11) is 1.63. The second kappa shape index (κ2) is 5.98. The predicted octanol–water partition coefficient (Wildman–Crippen LogP) is 3.44. The van der Waals surface area contributed by atoms with E-state index in [-0.39, 0.29) is 0 Å². The van der Waals surface area contributed by atoms with E-state index >= 15 is 0 Å². The van der Waals surface area contributed by atoms with Gasteiger partial charge in [0.05, 0.1) is 17.6 Å². The molecule has 0 amide bonds. The van der Waals surface area contributed by atoms with E-state index in [9.17, 15) is 0 Å². The van der Waals surface area contributed by atoms with Gasteiger partial charge in [0.15, 0.2) is 0 Å². The van der Waals surface area contributed by atoms with Crippen LogP contribution in [0.1, 0.15) is 18.4 Å². The minimum absolute atomic E-state index is 0.623. The Morgan fingerprint density at radius 1 is 1.35 bits per heavy atom. The van der Waals surface area contributed by atoms with Crippen molar-refractivity contribution in [2.24, 2.45) is 5.92 Å². The molecule has 1 atom stereocenters. The number of fused-ring (bicyclic) bond motifs is 1. The van der Waals surface area contributed by atoms with Gasteiger partial charge in [-0.1, -0.05) is 17.7 Å². The van der Waals surface area contributed by atoms with Gasteiger partial charge in [0.25, 0.3) is 0 Å². The molecule has 1 fully saturated rings. The molecule has 3 rings (SSSR count). The topological polar surface area (TPSA) is 34.1 Å². The molecule has 3 nitrogen and oxygen atoms in total. The third kappa shape index (κ3) is 2.74. The van der Waals surface area contributed by atoms with Gasteiger partial charge in [-0.3, -0.25) is 0 Å². The summed E-state index contributed by atoms with van der Waals surface area (Å²) in [6.07, 6.45) is 3.57. The van der Waals surface area contributed by atoms with E-state index < -0.39 is 0 Å². The zero-order valence-corrected chi connectivity index (χ0v) is 12.4. The Hall–Kier alpha value is -1.32. The van der Waals surface area contributed by atoms with E-state index in [4.69, 9.17) is 16.3 Å². The lowest BCUT2D eigenvalue weighted by Gasteiger charge is -2.23. The second-order valence-electron chi connectivity index (χ2n) is 5.38. The molecule has 1 N–H and O–H groups in total. The zero-order valence-electron chi connectivity index (χ0n) is 11.7. The molecule has 20 heavy (non-hydrogen) atoms. The Balaban J connectivity index is 1.90. The molecule has 1 unspecified atom stereocenters. The second-order valence-corrected chi connectivity index (χ2v) is 5.75. The van der Waals surface area contributed by atoms with Crippen LogP contribution in [0.3, 0.4) is 0 Å². The third-order valence-electron chi connectivity index (χ3n) is 3.98. The molecular weight excluding hydrogens is 272 g/mol. The molecule has 2 heterocycles. The molecule has 1 aliphatic heterocycles. The van der Waals surface area contributed by atoms with Crippen LogP contribution < -0.4 is 10.1 Å². The van der Waals surface area contributed by atoms with Crippen molar-refractivity contribution in [2.75, 3.05) is 20.2 Å². The highest BCUT2D eigenvalue weighted by atomic mass is 35.5. The molecule has 0 bridgehead atoms. The van der Waals surface area contributed by atoms with E-state index in [1.54, 1.807) is 7.11 Å². The lowest BCUT2D eigenvalue weighted by atomic mass is 9.92. The Morgan fingerprint density at radius 2 is 2.25 bits per heavy atom. The van der Waals surface area contributed by atoms with Gasteiger partial charge in [-0.05, 0) is 56.0 Å². The average molecular weight is 291 g/mol. The van der Waals surface area contributed by atoms with Gasteiger partial charge >= 0.3 is 0 Å². The first kappa shape index (κ1) is 13.7. The van der Waals surface area contributed by atoms with Crippen LogP contribution >= 0.6 is 11.6 Å². The van der Waals surface area contributed by atoms with Crippen molar-refractivity contribution in [1.82, 2.24) is 10.3 Å². The summed E-state index contributed by atoms with van der Waals surface area (Å²) in [6, 6.07) is 7.99. The zero-order chi connectivity index (χ0) is 13.9. The number of ether oxygens (including phenoxy) is 1. The number of piperidine rings is 1. The van der Waals surface area contributed by atoms with Crippen LogP contribution in [0, 0.1) is 5.92 Å². The highest BCUT2D eigenvalue weighted by Gasteiger charge is 2.16. The average Bonchev–Trinajstić information content (AvgIpc) is 2.51. The Kier molecular flexibility index (Phi) is 4.08. The number of nitrogens with one attached hydrogen (secondary N) is 1. The number of hydrogen-bond donors (Lipinski definition) is 1. The molecule has 4 heteroatoms. The maximum Gasteiger partial charge on any atom is 0.213 e. The Bertz CT molecular complexity index is 609. The lowest BCUT2D eigenvalue weighted by Crippen LogP contribution is -2.30. The first-order chi connectivity index (χ1) is 9.78. The molecule has 0 spiro atoms. The summed E-state index contributed by atoms with van der Waals surface area (Å²) in [5.74, 6) is 1.31. The summed E-state index contributed by atoms with van der Waals surface area (Å²) in [5.41, 5.74) is 2.11. The standard InChI is InChI=1S/C16H19ClN2O/c1-20-15-7-5-13-14(19-15)6-4-12(16(13)17)9-11-3-2-8-18-10-11/h4-7,11,18H,2-3,8-10H2,1H3. The molecule has 1 aliphatic rings. The highest BCUT2D eigenvalue weighted by molar-refractivity contribution is 6.36. The number of aromatic nitrogens is 1. The fraction of sp³-hybridized carbons (Fsp3) is 0.438. The number of nitrogens with zero attached hydrogens (tertiary/aromatic N) is 1. The maximum atomic E-state index is 6.56. The Morgan fingerprint density at radius 3 is 3.00 bits per heavy atom. The largest absolute Gasteiger partial charge is 0.481 e. The number of pyridine rings is 1. The maximum absolute atomic E-state index is 6.56. The van der Waals surface area contributed by atoms with Crippen molar-refractivity contribution in [3.8, 4) is 5.88 Å². The minimum atomic E-state index is 0.623. The molecule has 1 saturated heterocycles. The molecule has 0 saturated carbocycles. The van der Waals surface area contributed by atoms with Crippen molar-refractivity contribution in [3.63, 3.8) is 0 Å². The van der Waals surface area contributed by atoms with E-state index in [1.165, 1.54) is 18.4 Å². The summed E-state index contributed by atoms with van der Waals surface area (Å²) in [5, 5.41) is 5.30. The molecule has 2 aromatic rings. The van der Waals surface area contributed by atoms with Gasteiger partial charge in [-0.15, -0.1) is 0 Å². The van der Waals surface area contributed by atoms with E-state index in [0.29, 0.717) is 11.8 Å². The normalized spacial score (nSPS) is 19.2. The third-order valence-corrected chi connectivity index (χ3v) is 4.42. The van der Waals surface area contributed by atoms with E-state index in [2.05, 4.69) is 16.4 Å². The van der Waals surface area contributed by atoms with Gasteiger partial charge in [0, 0.05) is 11.5 Å². The smallest absolute Gasteiger partial charge is 0.213 e. The summed E-state index contributed by atoms with van der Waals surface area (Å²) >= 11 is 6.56. The van der Waals surface area contributed by atoms with Gasteiger partial charge in [0.1, 0.15) is 0 Å². The van der Waals surface area contributed by atoms with Crippen molar-refractivity contribution in [2.45, 2.75) is 19.3 Å². The Labute approximate surface area is 124 Å². The number of rotatable bonds is 3. The predicted molar refractivity (Wildman–Crippen MR) is 82.6 cm³/mol. The van der Waals surface area contributed by atoms with Crippen LogP contribution in [0.5, 0.6) is 5.88 Å². The molecule has 1 aromatic carbocycles. The molecule has 1 aromatic heterocycles. The SMILES string of the molecule is COc1ccc2c(Cl)c(CC3CCCNC3)ccc2n1. The quantitative estimate of drug-likeness (QED) is 0.940. The van der Waals surface area contributed by atoms with Crippen molar-refractivity contribution < 1.29 is 4.74 Å². The van der Waals surface area contributed by atoms with Crippen molar-refractivity contribution >= 4 is 22.5 Å². The molecule has 0 radical (unpaired) electrons. The highest BCUT2D eigenvalue weighted by Crippen LogP contribution is 2.30. The summed E-state index contributed by atoms with van der Waals surface area (Å²) in [6.45, 7) is 2.24.